The third-order valence-electron chi connectivity index (χ3n) is 4.40. The van der Waals surface area contributed by atoms with Gasteiger partial charge in [-0.1, -0.05) is 32.9 Å². The Kier molecular flexibility index (Phi) is 8.02. The average molecular weight is 449 g/mol. The molecule has 0 aliphatic rings. The maximum absolute atomic E-state index is 12.8. The molecular formula is C23H26F3N3O3. The summed E-state index contributed by atoms with van der Waals surface area (Å²) in [7, 11) is 0. The lowest BCUT2D eigenvalue weighted by Crippen LogP contribution is -2.35. The van der Waals surface area contributed by atoms with E-state index >= 15 is 0 Å². The number of hydrogen-bond donors (Lipinski definition) is 3. The van der Waals surface area contributed by atoms with Crippen LogP contribution >= 0.6 is 0 Å². The normalized spacial score (nSPS) is 11.6. The van der Waals surface area contributed by atoms with E-state index in [1.54, 1.807) is 32.9 Å². The van der Waals surface area contributed by atoms with Crippen molar-refractivity contribution in [3.05, 3.63) is 59.7 Å². The first-order chi connectivity index (χ1) is 14.9. The Labute approximate surface area is 184 Å². The highest BCUT2D eigenvalue weighted by atomic mass is 19.4. The van der Waals surface area contributed by atoms with Crippen molar-refractivity contribution in [2.75, 3.05) is 17.2 Å². The van der Waals surface area contributed by atoms with Crippen molar-refractivity contribution in [3.8, 4) is 0 Å². The quantitative estimate of drug-likeness (QED) is 0.529. The Hall–Kier alpha value is -3.36. The predicted octanol–water partition coefficient (Wildman–Crippen LogP) is 4.84. The third-order valence-corrected chi connectivity index (χ3v) is 4.40. The molecule has 2 rings (SSSR count). The van der Waals surface area contributed by atoms with Crippen LogP contribution in [0, 0.1) is 5.41 Å². The van der Waals surface area contributed by atoms with Crippen molar-refractivity contribution in [2.24, 2.45) is 5.41 Å². The van der Waals surface area contributed by atoms with Gasteiger partial charge in [0.25, 0.3) is 5.91 Å². The highest BCUT2D eigenvalue weighted by molar-refractivity contribution is 6.05. The molecule has 0 fully saturated rings. The van der Waals surface area contributed by atoms with Gasteiger partial charge in [-0.15, -0.1) is 0 Å². The van der Waals surface area contributed by atoms with Crippen LogP contribution in [0.5, 0.6) is 0 Å². The largest absolute Gasteiger partial charge is 0.416 e. The summed E-state index contributed by atoms with van der Waals surface area (Å²) in [6.07, 6.45) is -3.89. The van der Waals surface area contributed by atoms with Gasteiger partial charge in [0.2, 0.25) is 11.8 Å². The minimum Gasteiger partial charge on any atom is -0.356 e. The van der Waals surface area contributed by atoms with Gasteiger partial charge < -0.3 is 16.0 Å². The number of carbonyl (C=O) groups is 3. The SMILES string of the molecule is CC(C)(C)C(=O)NCCCC(=O)Nc1cccc(C(=O)Nc2cccc(C(F)(F)F)c2)c1. The lowest BCUT2D eigenvalue weighted by atomic mass is 9.96. The van der Waals surface area contributed by atoms with Crippen LogP contribution in [0.4, 0.5) is 24.5 Å². The highest BCUT2D eigenvalue weighted by Crippen LogP contribution is 2.30. The van der Waals surface area contributed by atoms with Crippen molar-refractivity contribution < 1.29 is 27.6 Å². The average Bonchev–Trinajstić information content (AvgIpc) is 2.70. The molecule has 0 aliphatic heterocycles. The van der Waals surface area contributed by atoms with Gasteiger partial charge in [0.15, 0.2) is 0 Å². The van der Waals surface area contributed by atoms with Crippen molar-refractivity contribution >= 4 is 29.1 Å². The second kappa shape index (κ2) is 10.3. The van der Waals surface area contributed by atoms with Gasteiger partial charge in [-0.3, -0.25) is 14.4 Å². The van der Waals surface area contributed by atoms with Gasteiger partial charge in [-0.05, 0) is 42.8 Å². The number of alkyl halides is 3. The van der Waals surface area contributed by atoms with Crippen LogP contribution in [-0.2, 0) is 15.8 Å². The van der Waals surface area contributed by atoms with Crippen molar-refractivity contribution in [3.63, 3.8) is 0 Å². The van der Waals surface area contributed by atoms with Crippen LogP contribution in [0.3, 0.4) is 0 Å². The lowest BCUT2D eigenvalue weighted by molar-refractivity contribution is -0.137. The van der Waals surface area contributed by atoms with E-state index in [0.717, 1.165) is 12.1 Å². The van der Waals surface area contributed by atoms with Crippen molar-refractivity contribution in [2.45, 2.75) is 39.8 Å². The summed E-state index contributed by atoms with van der Waals surface area (Å²) in [6.45, 7) is 5.75. The predicted molar refractivity (Wildman–Crippen MR) is 116 cm³/mol. The fourth-order valence-corrected chi connectivity index (χ4v) is 2.65. The summed E-state index contributed by atoms with van der Waals surface area (Å²) in [6, 6.07) is 10.4. The Morgan fingerprint density at radius 1 is 0.875 bits per heavy atom. The summed E-state index contributed by atoms with van der Waals surface area (Å²) in [5, 5.41) is 7.85. The number of hydrogen-bond acceptors (Lipinski definition) is 3. The molecule has 0 atom stereocenters. The summed E-state index contributed by atoms with van der Waals surface area (Å²) in [4.78, 5) is 36.3. The molecule has 0 bridgehead atoms. The summed E-state index contributed by atoms with van der Waals surface area (Å²) in [5.41, 5.74) is -0.799. The summed E-state index contributed by atoms with van der Waals surface area (Å²) < 4.78 is 38.5. The minimum atomic E-state index is -4.51. The second-order valence-corrected chi connectivity index (χ2v) is 8.27. The Bertz CT molecular complexity index is 982. The molecule has 32 heavy (non-hydrogen) atoms. The van der Waals surface area contributed by atoms with E-state index in [1.807, 2.05) is 0 Å². The molecule has 0 aromatic heterocycles. The van der Waals surface area contributed by atoms with Crippen LogP contribution in [0.25, 0.3) is 0 Å². The first kappa shape index (κ1) is 24.9. The zero-order chi connectivity index (χ0) is 23.9. The standard InChI is InChI=1S/C23H26F3N3O3/c1-22(2,3)21(32)27-12-6-11-19(30)28-17-9-4-7-15(13-17)20(31)29-18-10-5-8-16(14-18)23(24,25)26/h4-5,7-10,13-14H,6,11-12H2,1-3H3,(H,27,32)(H,28,30)(H,29,31). The Morgan fingerprint density at radius 2 is 1.50 bits per heavy atom. The number of nitrogens with one attached hydrogen (secondary N) is 3. The van der Waals surface area contributed by atoms with Crippen LogP contribution in [0.2, 0.25) is 0 Å². The van der Waals surface area contributed by atoms with E-state index in [4.69, 9.17) is 0 Å². The topological polar surface area (TPSA) is 87.3 Å². The molecule has 9 heteroatoms. The lowest BCUT2D eigenvalue weighted by Gasteiger charge is -2.17. The van der Waals surface area contributed by atoms with Crippen LogP contribution in [0.1, 0.15) is 49.5 Å². The monoisotopic (exact) mass is 449 g/mol. The zero-order valence-electron chi connectivity index (χ0n) is 18.1. The smallest absolute Gasteiger partial charge is 0.356 e. The van der Waals surface area contributed by atoms with Gasteiger partial charge in [0.05, 0.1) is 5.56 Å². The molecule has 0 unspecified atom stereocenters. The van der Waals surface area contributed by atoms with Crippen LogP contribution in [0.15, 0.2) is 48.5 Å². The van der Waals surface area contributed by atoms with Gasteiger partial charge in [0, 0.05) is 35.3 Å². The molecule has 0 saturated heterocycles. The number of benzene rings is 2. The number of halogens is 3. The molecule has 0 saturated carbocycles. The van der Waals surface area contributed by atoms with Crippen molar-refractivity contribution in [1.82, 2.24) is 5.32 Å². The van der Waals surface area contributed by atoms with E-state index in [2.05, 4.69) is 16.0 Å². The molecular weight excluding hydrogens is 423 g/mol. The Morgan fingerprint density at radius 3 is 2.12 bits per heavy atom. The number of carbonyl (C=O) groups excluding carboxylic acids is 3. The number of rotatable bonds is 7. The van der Waals surface area contributed by atoms with Gasteiger partial charge in [-0.2, -0.15) is 13.2 Å². The first-order valence-corrected chi connectivity index (χ1v) is 10.0. The fraction of sp³-hybridized carbons (Fsp3) is 0.348. The van der Waals surface area contributed by atoms with Crippen LogP contribution < -0.4 is 16.0 Å². The zero-order valence-corrected chi connectivity index (χ0v) is 18.1. The molecule has 0 radical (unpaired) electrons. The molecule has 6 nitrogen and oxygen atoms in total. The van der Waals surface area contributed by atoms with E-state index in [-0.39, 0.29) is 29.5 Å². The summed E-state index contributed by atoms with van der Waals surface area (Å²) >= 11 is 0. The number of anilines is 2. The van der Waals surface area contributed by atoms with E-state index in [9.17, 15) is 27.6 Å². The molecule has 3 N–H and O–H groups in total. The van der Waals surface area contributed by atoms with Gasteiger partial charge in [-0.25, -0.2) is 0 Å². The molecule has 172 valence electrons. The van der Waals surface area contributed by atoms with E-state index < -0.39 is 23.1 Å². The summed E-state index contributed by atoms with van der Waals surface area (Å²) in [5.74, 6) is -0.992. The highest BCUT2D eigenvalue weighted by Gasteiger charge is 2.30. The Balaban J connectivity index is 1.91. The number of amides is 3. The first-order valence-electron chi connectivity index (χ1n) is 10.0. The van der Waals surface area contributed by atoms with Crippen LogP contribution in [-0.4, -0.2) is 24.3 Å². The second-order valence-electron chi connectivity index (χ2n) is 8.27. The molecule has 0 heterocycles. The molecule has 3 amide bonds. The van der Waals surface area contributed by atoms with E-state index in [1.165, 1.54) is 24.3 Å². The fourth-order valence-electron chi connectivity index (χ4n) is 2.65. The van der Waals surface area contributed by atoms with Gasteiger partial charge in [0.1, 0.15) is 0 Å². The maximum atomic E-state index is 12.8. The molecule has 2 aromatic rings. The van der Waals surface area contributed by atoms with E-state index in [0.29, 0.717) is 18.7 Å². The minimum absolute atomic E-state index is 0.0107. The molecule has 0 spiro atoms. The molecule has 0 aliphatic carbocycles. The maximum Gasteiger partial charge on any atom is 0.416 e. The van der Waals surface area contributed by atoms with Crippen molar-refractivity contribution in [1.29, 1.82) is 0 Å². The molecule has 2 aromatic carbocycles. The third kappa shape index (κ3) is 7.72. The van der Waals surface area contributed by atoms with Gasteiger partial charge >= 0.3 is 6.18 Å².